The van der Waals surface area contributed by atoms with E-state index in [1.165, 1.54) is 10.6 Å². The van der Waals surface area contributed by atoms with Crippen LogP contribution in [0.4, 0.5) is 18.9 Å². The lowest BCUT2D eigenvalue weighted by molar-refractivity contribution is -0.141. The van der Waals surface area contributed by atoms with Crippen LogP contribution < -0.4 is 9.64 Å². The molecule has 0 radical (unpaired) electrons. The molecule has 3 aromatic rings. The number of methoxy groups -OCH3 is 1. The van der Waals surface area contributed by atoms with Crippen molar-refractivity contribution in [3.63, 3.8) is 0 Å². The summed E-state index contributed by atoms with van der Waals surface area (Å²) in [6.45, 7) is 0.354. The SMILES string of the molecule is COc1ccc(N2CC=NC=C2c2c(C(F)(F)F)nc3sccn23)cc1. The number of benzene rings is 1. The monoisotopic (exact) mass is 378 g/mol. The van der Waals surface area contributed by atoms with Crippen molar-refractivity contribution >= 4 is 33.9 Å². The smallest absolute Gasteiger partial charge is 0.435 e. The number of hydrogen-bond donors (Lipinski definition) is 0. The Morgan fingerprint density at radius 3 is 2.65 bits per heavy atom. The quantitative estimate of drug-likeness (QED) is 0.682. The molecule has 9 heteroatoms. The number of alkyl halides is 3. The van der Waals surface area contributed by atoms with Crippen LogP contribution in [0, 0.1) is 0 Å². The molecular formula is C17H13F3N4OS. The summed E-state index contributed by atoms with van der Waals surface area (Å²) in [7, 11) is 1.56. The lowest BCUT2D eigenvalue weighted by Gasteiger charge is -2.28. The Bertz CT molecular complexity index is 1000. The first-order chi connectivity index (χ1) is 12.5. The molecule has 2 aromatic heterocycles. The number of aromatic nitrogens is 2. The number of hydrogen-bond acceptors (Lipinski definition) is 5. The Morgan fingerprint density at radius 1 is 1.19 bits per heavy atom. The van der Waals surface area contributed by atoms with Crippen LogP contribution >= 0.6 is 11.3 Å². The number of halogens is 3. The maximum absolute atomic E-state index is 13.6. The van der Waals surface area contributed by atoms with Crippen molar-refractivity contribution < 1.29 is 17.9 Å². The second kappa shape index (κ2) is 6.17. The predicted octanol–water partition coefficient (Wildman–Crippen LogP) is 4.31. The number of rotatable bonds is 3. The molecule has 0 unspecified atom stereocenters. The van der Waals surface area contributed by atoms with Crippen LogP contribution in [0.15, 0.2) is 47.0 Å². The van der Waals surface area contributed by atoms with Gasteiger partial charge in [-0.3, -0.25) is 9.39 Å². The van der Waals surface area contributed by atoms with Crippen LogP contribution in [0.25, 0.3) is 10.7 Å². The Balaban J connectivity index is 1.87. The number of imidazole rings is 1. The molecule has 0 saturated heterocycles. The maximum atomic E-state index is 13.6. The molecule has 134 valence electrons. The molecule has 3 heterocycles. The zero-order valence-corrected chi connectivity index (χ0v) is 14.4. The third-order valence-electron chi connectivity index (χ3n) is 4.01. The summed E-state index contributed by atoms with van der Waals surface area (Å²) in [6, 6.07) is 7.12. The Kier molecular flexibility index (Phi) is 3.95. The average Bonchev–Trinajstić information content (AvgIpc) is 3.22. The average molecular weight is 378 g/mol. The van der Waals surface area contributed by atoms with E-state index in [0.29, 0.717) is 18.0 Å². The van der Waals surface area contributed by atoms with Gasteiger partial charge >= 0.3 is 6.18 Å². The summed E-state index contributed by atoms with van der Waals surface area (Å²) in [5, 5.41) is 1.70. The topological polar surface area (TPSA) is 42.1 Å². The van der Waals surface area contributed by atoms with Crippen molar-refractivity contribution in [2.24, 2.45) is 4.99 Å². The van der Waals surface area contributed by atoms with Gasteiger partial charge in [0.05, 0.1) is 25.6 Å². The molecule has 26 heavy (non-hydrogen) atoms. The minimum absolute atomic E-state index is 0.0126. The van der Waals surface area contributed by atoms with Crippen LogP contribution in [0.2, 0.25) is 0 Å². The first-order valence-corrected chi connectivity index (χ1v) is 8.53. The number of anilines is 1. The van der Waals surface area contributed by atoms with Crippen molar-refractivity contribution in [1.29, 1.82) is 0 Å². The molecule has 1 aromatic carbocycles. The molecule has 0 saturated carbocycles. The molecule has 0 atom stereocenters. The molecule has 0 bridgehead atoms. The summed E-state index contributed by atoms with van der Waals surface area (Å²) in [5.41, 5.74) is 0.157. The van der Waals surface area contributed by atoms with Gasteiger partial charge < -0.3 is 9.64 Å². The Hall–Kier alpha value is -2.81. The lowest BCUT2D eigenvalue weighted by Crippen LogP contribution is -2.27. The second-order valence-electron chi connectivity index (χ2n) is 5.52. The van der Waals surface area contributed by atoms with E-state index in [0.717, 1.165) is 17.0 Å². The summed E-state index contributed by atoms with van der Waals surface area (Å²) in [4.78, 5) is 9.93. The number of ether oxygens (including phenoxy) is 1. The molecule has 5 nitrogen and oxygen atoms in total. The fourth-order valence-electron chi connectivity index (χ4n) is 2.84. The van der Waals surface area contributed by atoms with Gasteiger partial charge in [0.1, 0.15) is 11.4 Å². The molecule has 1 aliphatic rings. The number of thiazole rings is 1. The molecule has 0 spiro atoms. The van der Waals surface area contributed by atoms with Crippen molar-refractivity contribution in [3.8, 4) is 5.75 Å². The highest BCUT2D eigenvalue weighted by molar-refractivity contribution is 7.15. The zero-order chi connectivity index (χ0) is 18.3. The van der Waals surface area contributed by atoms with Gasteiger partial charge in [-0.25, -0.2) is 4.98 Å². The molecular weight excluding hydrogens is 365 g/mol. The Labute approximate surface area is 150 Å². The van der Waals surface area contributed by atoms with Crippen LogP contribution in [-0.4, -0.2) is 29.3 Å². The van der Waals surface area contributed by atoms with E-state index in [1.807, 2.05) is 0 Å². The van der Waals surface area contributed by atoms with Gasteiger partial charge in [0, 0.05) is 23.5 Å². The fourth-order valence-corrected chi connectivity index (χ4v) is 3.56. The molecule has 0 aliphatic carbocycles. The van der Waals surface area contributed by atoms with E-state index >= 15 is 0 Å². The van der Waals surface area contributed by atoms with Crippen LogP contribution in [0.1, 0.15) is 11.4 Å². The molecule has 4 rings (SSSR count). The fraction of sp³-hybridized carbons (Fsp3) is 0.176. The first-order valence-electron chi connectivity index (χ1n) is 7.65. The van der Waals surface area contributed by atoms with E-state index in [2.05, 4.69) is 9.98 Å². The highest BCUT2D eigenvalue weighted by Gasteiger charge is 2.40. The zero-order valence-electron chi connectivity index (χ0n) is 13.6. The normalized spacial score (nSPS) is 14.8. The predicted molar refractivity (Wildman–Crippen MR) is 94.9 cm³/mol. The summed E-state index contributed by atoms with van der Waals surface area (Å²) in [6.07, 6.45) is 0.106. The van der Waals surface area contributed by atoms with Gasteiger partial charge in [-0.15, -0.1) is 11.3 Å². The van der Waals surface area contributed by atoms with Crippen molar-refractivity contribution in [1.82, 2.24) is 9.38 Å². The molecule has 0 amide bonds. The molecule has 0 fully saturated rings. The molecule has 0 N–H and O–H groups in total. The Morgan fingerprint density at radius 2 is 1.96 bits per heavy atom. The van der Waals surface area contributed by atoms with Crippen molar-refractivity contribution in [2.45, 2.75) is 6.18 Å². The third-order valence-corrected chi connectivity index (χ3v) is 4.77. The number of aliphatic imine (C=N–C) groups is 1. The van der Waals surface area contributed by atoms with E-state index in [4.69, 9.17) is 4.74 Å². The maximum Gasteiger partial charge on any atom is 0.435 e. The third kappa shape index (κ3) is 2.74. The number of nitrogens with zero attached hydrogens (tertiary/aromatic N) is 4. The lowest BCUT2D eigenvalue weighted by atomic mass is 10.1. The largest absolute Gasteiger partial charge is 0.497 e. The number of fused-ring (bicyclic) bond motifs is 1. The standard InChI is InChI=1S/C17H13F3N4OS/c1-25-12-4-2-11(3-5-12)23-7-6-21-10-13(23)14-15(17(18,19)20)22-16-24(14)8-9-26-16/h2-6,8-10H,7H2,1H3. The first kappa shape index (κ1) is 16.6. The second-order valence-corrected chi connectivity index (χ2v) is 6.39. The highest BCUT2D eigenvalue weighted by Crippen LogP contribution is 2.39. The highest BCUT2D eigenvalue weighted by atomic mass is 32.1. The van der Waals surface area contributed by atoms with Gasteiger partial charge in [0.2, 0.25) is 0 Å². The van der Waals surface area contributed by atoms with Crippen LogP contribution in [0.3, 0.4) is 0 Å². The minimum atomic E-state index is -4.56. The minimum Gasteiger partial charge on any atom is -0.497 e. The van der Waals surface area contributed by atoms with Crippen LogP contribution in [0.5, 0.6) is 5.75 Å². The van der Waals surface area contributed by atoms with Gasteiger partial charge in [-0.2, -0.15) is 13.2 Å². The van der Waals surface area contributed by atoms with E-state index in [1.54, 1.807) is 54.1 Å². The van der Waals surface area contributed by atoms with Crippen molar-refractivity contribution in [2.75, 3.05) is 18.6 Å². The van der Waals surface area contributed by atoms with Crippen LogP contribution in [-0.2, 0) is 6.18 Å². The van der Waals surface area contributed by atoms with Gasteiger partial charge in [-0.1, -0.05) is 0 Å². The van der Waals surface area contributed by atoms with Gasteiger partial charge in [0.25, 0.3) is 0 Å². The summed E-state index contributed by atoms with van der Waals surface area (Å²) in [5.74, 6) is 0.672. The van der Waals surface area contributed by atoms with E-state index in [-0.39, 0.29) is 10.7 Å². The van der Waals surface area contributed by atoms with E-state index < -0.39 is 11.9 Å². The van der Waals surface area contributed by atoms with Gasteiger partial charge in [-0.05, 0) is 24.3 Å². The summed E-state index contributed by atoms with van der Waals surface area (Å²) < 4.78 is 47.3. The molecule has 1 aliphatic heterocycles. The summed E-state index contributed by atoms with van der Waals surface area (Å²) >= 11 is 1.16. The van der Waals surface area contributed by atoms with Crippen molar-refractivity contribution in [3.05, 3.63) is 53.4 Å². The van der Waals surface area contributed by atoms with Gasteiger partial charge in [0.15, 0.2) is 10.7 Å². The van der Waals surface area contributed by atoms with E-state index in [9.17, 15) is 13.2 Å².